The van der Waals surface area contributed by atoms with Crippen LogP contribution in [0, 0.1) is 0 Å². The van der Waals surface area contributed by atoms with Crippen LogP contribution < -0.4 is 10.6 Å². The Hall–Kier alpha value is -2.42. The molecule has 0 aliphatic carbocycles. The van der Waals surface area contributed by atoms with E-state index in [9.17, 15) is 117 Å². The van der Waals surface area contributed by atoms with Crippen LogP contribution in [0.3, 0.4) is 0 Å². The van der Waals surface area contributed by atoms with Crippen LogP contribution in [0.15, 0.2) is 0 Å². The van der Waals surface area contributed by atoms with E-state index in [1.54, 1.807) is 0 Å². The van der Waals surface area contributed by atoms with Gasteiger partial charge >= 0.3 is 0 Å². The van der Waals surface area contributed by atoms with E-state index in [-0.39, 0.29) is 0 Å². The van der Waals surface area contributed by atoms with Gasteiger partial charge in [0.1, 0.15) is 171 Å². The Morgan fingerprint density at radius 3 is 1.12 bits per heavy atom. The third-order valence-corrected chi connectivity index (χ3v) is 15.3. The van der Waals surface area contributed by atoms with Crippen LogP contribution in [0.4, 0.5) is 0 Å². The van der Waals surface area contributed by atoms with Gasteiger partial charge in [-0.05, 0) is 0 Å². The first-order valence-electron chi connectivity index (χ1n) is 26.6. The summed E-state index contributed by atoms with van der Waals surface area (Å²) in [6.45, 7) is -4.77. The third kappa shape index (κ3) is 14.9. The van der Waals surface area contributed by atoms with Gasteiger partial charge in [0.25, 0.3) is 0 Å². The third-order valence-electron chi connectivity index (χ3n) is 15.3. The minimum absolute atomic E-state index is 0.742. The summed E-state index contributed by atoms with van der Waals surface area (Å²) in [7, 11) is 0. The molecule has 0 unspecified atom stereocenters. The molecule has 0 aromatic rings. The molecule has 0 radical (unpaired) electrons. The number of hydrogen-bond donors (Lipinski definition) is 23. The highest BCUT2D eigenvalue weighted by atomic mass is 16.8. The normalized spacial score (nSPS) is 50.3. The van der Waals surface area contributed by atoms with Gasteiger partial charge in [0.2, 0.25) is 11.8 Å². The fourth-order valence-corrected chi connectivity index (χ4v) is 10.6. The van der Waals surface area contributed by atoms with Gasteiger partial charge in [-0.25, -0.2) is 0 Å². The molecule has 35 atom stereocenters. The predicted octanol–water partition coefficient (Wildman–Crippen LogP) is -16.0. The van der Waals surface area contributed by atoms with E-state index in [4.69, 9.17) is 61.6 Å². The molecule has 488 valence electrons. The number of aliphatic hydroxyl groups is 21. The molecule has 38 nitrogen and oxygen atoms in total. The van der Waals surface area contributed by atoms with Gasteiger partial charge < -0.3 is 179 Å². The molecule has 7 heterocycles. The maximum atomic E-state index is 12.7. The maximum Gasteiger partial charge on any atom is 0.217 e. The van der Waals surface area contributed by atoms with Crippen molar-refractivity contribution in [3.8, 4) is 0 Å². The highest BCUT2D eigenvalue weighted by Crippen LogP contribution is 2.37. The van der Waals surface area contributed by atoms with E-state index in [1.165, 1.54) is 0 Å². The topological polar surface area (TPSA) is 603 Å². The monoisotopic (exact) mass is 1230 g/mol. The fraction of sp³-hybridized carbons (Fsp3) is 0.957. The first kappa shape index (κ1) is 69.1. The number of nitrogens with one attached hydrogen (secondary N) is 2. The summed E-state index contributed by atoms with van der Waals surface area (Å²) in [4.78, 5) is 24.7. The Labute approximate surface area is 475 Å². The first-order valence-corrected chi connectivity index (χ1v) is 26.6. The van der Waals surface area contributed by atoms with Crippen molar-refractivity contribution in [2.24, 2.45) is 0 Å². The van der Waals surface area contributed by atoms with E-state index in [0.29, 0.717) is 0 Å². The van der Waals surface area contributed by atoms with Crippen molar-refractivity contribution in [3.05, 3.63) is 0 Å². The first-order chi connectivity index (χ1) is 39.7. The number of rotatable bonds is 21. The van der Waals surface area contributed by atoms with Crippen molar-refractivity contribution in [1.29, 1.82) is 0 Å². The van der Waals surface area contributed by atoms with Gasteiger partial charge in [-0.1, -0.05) is 0 Å². The van der Waals surface area contributed by atoms with Crippen LogP contribution in [0.25, 0.3) is 0 Å². The van der Waals surface area contributed by atoms with Crippen molar-refractivity contribution in [2.45, 2.75) is 229 Å². The van der Waals surface area contributed by atoms with E-state index in [0.717, 1.165) is 13.8 Å². The summed E-state index contributed by atoms with van der Waals surface area (Å²) < 4.78 is 74.5. The maximum absolute atomic E-state index is 12.7. The second-order valence-corrected chi connectivity index (χ2v) is 21.1. The van der Waals surface area contributed by atoms with Crippen LogP contribution in [-0.4, -0.2) is 380 Å². The van der Waals surface area contributed by atoms with Crippen molar-refractivity contribution in [1.82, 2.24) is 10.6 Å². The second-order valence-electron chi connectivity index (χ2n) is 21.1. The number of carbonyl (C=O) groups is 2. The summed E-state index contributed by atoms with van der Waals surface area (Å²) in [6, 6.07) is -3.39. The predicted molar refractivity (Wildman–Crippen MR) is 255 cm³/mol. The minimum atomic E-state index is -2.34. The van der Waals surface area contributed by atoms with Crippen LogP contribution in [0.5, 0.6) is 0 Å². The highest BCUT2D eigenvalue weighted by molar-refractivity contribution is 5.73. The van der Waals surface area contributed by atoms with Crippen molar-refractivity contribution < 1.29 is 178 Å². The molecule has 7 saturated heterocycles. The lowest BCUT2D eigenvalue weighted by Crippen LogP contribution is -2.70. The molecule has 38 heteroatoms. The number of hydrogen-bond acceptors (Lipinski definition) is 36. The lowest BCUT2D eigenvalue weighted by atomic mass is 9.94. The zero-order chi connectivity index (χ0) is 61.9. The molecule has 0 spiro atoms. The molecule has 7 aliphatic heterocycles. The van der Waals surface area contributed by atoms with Gasteiger partial charge in [0.15, 0.2) is 44.0 Å². The molecule has 7 fully saturated rings. The van der Waals surface area contributed by atoms with Gasteiger partial charge in [-0.15, -0.1) is 0 Å². The molecule has 7 aliphatic rings. The number of ether oxygens (including phenoxy) is 13. The van der Waals surface area contributed by atoms with Gasteiger partial charge in [-0.3, -0.25) is 9.59 Å². The zero-order valence-corrected chi connectivity index (χ0v) is 44.7. The quantitative estimate of drug-likeness (QED) is 0.0507. The molecule has 0 bridgehead atoms. The van der Waals surface area contributed by atoms with Gasteiger partial charge in [0.05, 0.1) is 46.2 Å². The Kier molecular flexibility index (Phi) is 24.6. The van der Waals surface area contributed by atoms with E-state index in [1.807, 2.05) is 0 Å². The van der Waals surface area contributed by atoms with E-state index < -0.39 is 273 Å². The van der Waals surface area contributed by atoms with Crippen molar-refractivity contribution in [2.75, 3.05) is 46.2 Å². The zero-order valence-electron chi connectivity index (χ0n) is 44.7. The van der Waals surface area contributed by atoms with E-state index in [2.05, 4.69) is 10.6 Å². The summed E-state index contributed by atoms with van der Waals surface area (Å²) >= 11 is 0. The largest absolute Gasteiger partial charge is 0.394 e. The van der Waals surface area contributed by atoms with Crippen molar-refractivity contribution in [3.63, 3.8) is 0 Å². The number of amides is 2. The summed E-state index contributed by atoms with van der Waals surface area (Å²) in [6.07, 6.45) is -65.0. The molecule has 0 aromatic carbocycles. The lowest BCUT2D eigenvalue weighted by Gasteiger charge is -2.50. The second kappa shape index (κ2) is 29.9. The number of aliphatic hydroxyl groups excluding tert-OH is 21. The average molecular weight is 1240 g/mol. The van der Waals surface area contributed by atoms with Crippen LogP contribution in [0.2, 0.25) is 0 Å². The summed E-state index contributed by atoms with van der Waals surface area (Å²) in [5.74, 6) is -1.62. The van der Waals surface area contributed by atoms with Gasteiger partial charge in [-0.2, -0.15) is 0 Å². The summed E-state index contributed by atoms with van der Waals surface area (Å²) in [5.41, 5.74) is 0. The smallest absolute Gasteiger partial charge is 0.217 e. The highest BCUT2D eigenvalue weighted by Gasteiger charge is 2.58. The summed E-state index contributed by atoms with van der Waals surface area (Å²) in [5, 5.41) is 231. The molecule has 2 amide bonds. The Morgan fingerprint density at radius 1 is 0.310 bits per heavy atom. The molecule has 84 heavy (non-hydrogen) atoms. The molecule has 23 N–H and O–H groups in total. The standard InChI is InChI=1S/C46H78N2O36/c1-10(54)47-19-26(61)36(15(6-52)74-40(19)71)81-41-20(48-11(2)55)27(62)37(16(7-53)78-41)82-46-39(84-45-34(69)30(65)23(58)14(5-51)77-45)31(66)24(59)17(80-46)8-73-43-35(70)38(83-44-33(68)29(64)22(57)13(4-50)76-44)25(60)18(79-43)9-72-42-32(67)28(63)21(56)12(3-49)75-42/h12-46,49-53,56-71H,3-9H2,1-2H3,(H,47,54)(H,48,55)/t12-,13-,14-,15-,16-,17-,18-,19-,20-,21-,22-,23-,24-,25-,26-,27-,28+,29+,30+,31+,32+,33+,34+,35+,36-,37-,38+,39+,40-,41+,42+,43+,44-,45-,46+/m1/s1. The van der Waals surface area contributed by atoms with Crippen LogP contribution in [0.1, 0.15) is 13.8 Å². The van der Waals surface area contributed by atoms with Crippen LogP contribution in [-0.2, 0) is 71.2 Å². The lowest BCUT2D eigenvalue weighted by molar-refractivity contribution is -0.393. The Morgan fingerprint density at radius 2 is 0.643 bits per heavy atom. The molecular formula is C46H78N2O36. The molecule has 0 aromatic heterocycles. The average Bonchev–Trinajstić information content (AvgIpc) is 3.52. The fourth-order valence-electron chi connectivity index (χ4n) is 10.6. The molecule has 0 saturated carbocycles. The Bertz CT molecular complexity index is 2060. The van der Waals surface area contributed by atoms with Gasteiger partial charge in [0, 0.05) is 13.8 Å². The minimum Gasteiger partial charge on any atom is -0.394 e. The van der Waals surface area contributed by atoms with Crippen LogP contribution >= 0.6 is 0 Å². The molecular weight excluding hydrogens is 1160 g/mol. The SMILES string of the molecule is CC(=O)N[C@@H]1[C@@H](O)[C@H](O[C@@H]2O[C@H](CO)[C@@H](O[C@@H]3O[C@H](CO[C@H]4O[C@H](CO[C@H]5O[C@H](CO)[C@@H](O)[C@H](O)[C@@H]5O)[C@@H](O)[C@H](O[C@H]5O[C@H](CO)[C@@H](O)[C@H](O)[C@@H]5O)[C@@H]4O)[C@@H](O)[C@H](O)[C@@H]3O[C@H]3O[C@H](CO)[C@@H](O)[C@H](O)[C@@H]3O)[C@H](O)[C@H]2NC(C)=O)[C@@H](CO)O[C@H]1O. The van der Waals surface area contributed by atoms with Crippen molar-refractivity contribution >= 4 is 11.8 Å². The van der Waals surface area contributed by atoms with E-state index >= 15 is 0 Å². The molecule has 7 rings (SSSR count). The Balaban J connectivity index is 1.17. The number of carbonyl (C=O) groups excluding carboxylic acids is 2.